The molecule has 1 aromatic rings. The Bertz CT molecular complexity index is 397. The summed E-state index contributed by atoms with van der Waals surface area (Å²) in [6.45, 7) is 2.95. The third-order valence-electron chi connectivity index (χ3n) is 3.49. The molecule has 0 spiro atoms. The van der Waals surface area contributed by atoms with E-state index in [-0.39, 0.29) is 17.4 Å². The van der Waals surface area contributed by atoms with Crippen LogP contribution in [0, 0.1) is 0 Å². The Hall–Kier alpha value is -1.00. The molecule has 1 fully saturated rings. The molecule has 0 atom stereocenters. The van der Waals surface area contributed by atoms with Crippen LogP contribution < -0.4 is 5.73 Å². The molecule has 0 aliphatic carbocycles. The molecule has 1 aliphatic rings. The Morgan fingerprint density at radius 1 is 1.41 bits per heavy atom. The molecule has 4 heteroatoms. The molecular weight excluding hydrogens is 224 g/mol. The number of nitrogens with two attached hydrogens (primary N) is 1. The van der Waals surface area contributed by atoms with Gasteiger partial charge in [0.15, 0.2) is 0 Å². The fourth-order valence-electron chi connectivity index (χ4n) is 2.03. The van der Waals surface area contributed by atoms with Gasteiger partial charge < -0.3 is 10.5 Å². The summed E-state index contributed by atoms with van der Waals surface area (Å²) in [5.41, 5.74) is 6.39. The van der Waals surface area contributed by atoms with Gasteiger partial charge in [-0.15, -0.1) is 0 Å². The van der Waals surface area contributed by atoms with Gasteiger partial charge in [-0.1, -0.05) is 25.1 Å². The van der Waals surface area contributed by atoms with E-state index in [1.54, 1.807) is 12.1 Å². The molecule has 2 N–H and O–H groups in total. The first-order valence-electron chi connectivity index (χ1n) is 5.81. The zero-order valence-electron chi connectivity index (χ0n) is 9.88. The molecule has 1 aliphatic heterocycles. The average molecular weight is 241 g/mol. The zero-order valence-corrected chi connectivity index (χ0v) is 9.88. The lowest BCUT2D eigenvalue weighted by molar-refractivity contribution is -0.0555. The molecule has 0 bridgehead atoms. The summed E-state index contributed by atoms with van der Waals surface area (Å²) in [7, 11) is 0. The molecule has 1 saturated heterocycles. The molecule has 1 heterocycles. The molecule has 0 unspecified atom stereocenters. The van der Waals surface area contributed by atoms with Crippen molar-refractivity contribution in [3.05, 3.63) is 35.4 Å². The molecule has 0 saturated carbocycles. The Kier molecular flexibility index (Phi) is 3.19. The van der Waals surface area contributed by atoms with Crippen molar-refractivity contribution in [1.82, 2.24) is 0 Å². The van der Waals surface area contributed by atoms with Gasteiger partial charge in [0.05, 0.1) is 18.6 Å². The standard InChI is InChI=1S/C13H17F2NO/c1-2-13(14,15)11-5-3-4-10(6-11)12(7-16)8-17-9-12/h3-6H,2,7-9,16H2,1H3. The molecule has 17 heavy (non-hydrogen) atoms. The Balaban J connectivity index is 2.35. The van der Waals surface area contributed by atoms with E-state index in [9.17, 15) is 8.78 Å². The van der Waals surface area contributed by atoms with Gasteiger partial charge in [-0.3, -0.25) is 0 Å². The maximum atomic E-state index is 13.6. The Morgan fingerprint density at radius 3 is 2.59 bits per heavy atom. The average Bonchev–Trinajstić information content (AvgIpc) is 2.29. The van der Waals surface area contributed by atoms with Crippen molar-refractivity contribution >= 4 is 0 Å². The fourth-order valence-corrected chi connectivity index (χ4v) is 2.03. The molecule has 94 valence electrons. The number of rotatable bonds is 4. The quantitative estimate of drug-likeness (QED) is 0.878. The number of hydrogen-bond donors (Lipinski definition) is 1. The molecule has 0 amide bonds. The van der Waals surface area contributed by atoms with E-state index in [0.29, 0.717) is 19.8 Å². The number of benzene rings is 1. The van der Waals surface area contributed by atoms with Gasteiger partial charge in [-0.05, 0) is 11.6 Å². The maximum absolute atomic E-state index is 13.6. The van der Waals surface area contributed by atoms with Gasteiger partial charge in [0.2, 0.25) is 0 Å². The second kappa shape index (κ2) is 4.35. The first-order chi connectivity index (χ1) is 8.04. The summed E-state index contributed by atoms with van der Waals surface area (Å²) in [4.78, 5) is 0. The van der Waals surface area contributed by atoms with E-state index < -0.39 is 5.92 Å². The van der Waals surface area contributed by atoms with Crippen molar-refractivity contribution in [1.29, 1.82) is 0 Å². The van der Waals surface area contributed by atoms with Gasteiger partial charge >= 0.3 is 0 Å². The van der Waals surface area contributed by atoms with Crippen LogP contribution in [0.4, 0.5) is 8.78 Å². The molecule has 0 radical (unpaired) electrons. The summed E-state index contributed by atoms with van der Waals surface area (Å²) >= 11 is 0. The van der Waals surface area contributed by atoms with Gasteiger partial charge in [-0.2, -0.15) is 0 Å². The van der Waals surface area contributed by atoms with Gasteiger partial charge in [0, 0.05) is 18.5 Å². The number of alkyl halides is 2. The third-order valence-corrected chi connectivity index (χ3v) is 3.49. The lowest BCUT2D eigenvalue weighted by atomic mass is 9.78. The summed E-state index contributed by atoms with van der Waals surface area (Å²) in [6.07, 6.45) is -0.192. The number of hydrogen-bond acceptors (Lipinski definition) is 2. The minimum Gasteiger partial charge on any atom is -0.379 e. The van der Waals surface area contributed by atoms with Crippen LogP contribution in [0.15, 0.2) is 24.3 Å². The highest BCUT2D eigenvalue weighted by Gasteiger charge is 2.40. The van der Waals surface area contributed by atoms with Gasteiger partial charge in [0.25, 0.3) is 5.92 Å². The van der Waals surface area contributed by atoms with Crippen molar-refractivity contribution < 1.29 is 13.5 Å². The Labute approximate surface area is 99.8 Å². The van der Waals surface area contributed by atoms with E-state index >= 15 is 0 Å². The molecule has 2 rings (SSSR count). The third kappa shape index (κ3) is 2.07. The lowest BCUT2D eigenvalue weighted by Crippen LogP contribution is -2.52. The highest BCUT2D eigenvalue weighted by atomic mass is 19.3. The summed E-state index contributed by atoms with van der Waals surface area (Å²) in [5, 5.41) is 0. The van der Waals surface area contributed by atoms with E-state index in [2.05, 4.69) is 0 Å². The highest BCUT2D eigenvalue weighted by molar-refractivity contribution is 5.34. The SMILES string of the molecule is CCC(F)(F)c1cccc(C2(CN)COC2)c1. The van der Waals surface area contributed by atoms with Crippen LogP contribution in [-0.4, -0.2) is 19.8 Å². The van der Waals surface area contributed by atoms with Crippen molar-refractivity contribution in [3.8, 4) is 0 Å². The van der Waals surface area contributed by atoms with Crippen LogP contribution in [0.1, 0.15) is 24.5 Å². The van der Waals surface area contributed by atoms with Crippen molar-refractivity contribution in [3.63, 3.8) is 0 Å². The minimum atomic E-state index is -2.77. The fraction of sp³-hybridized carbons (Fsp3) is 0.538. The topological polar surface area (TPSA) is 35.2 Å². The first kappa shape index (κ1) is 12.5. The van der Waals surface area contributed by atoms with Crippen LogP contribution in [0.3, 0.4) is 0 Å². The summed E-state index contributed by atoms with van der Waals surface area (Å²) < 4.78 is 32.4. The van der Waals surface area contributed by atoms with E-state index in [1.807, 2.05) is 6.07 Å². The van der Waals surface area contributed by atoms with Crippen LogP contribution in [0.2, 0.25) is 0 Å². The smallest absolute Gasteiger partial charge is 0.273 e. The second-order valence-corrected chi connectivity index (χ2v) is 4.62. The Morgan fingerprint density at radius 2 is 2.12 bits per heavy atom. The zero-order chi connectivity index (χ0) is 12.5. The second-order valence-electron chi connectivity index (χ2n) is 4.62. The molecule has 2 nitrogen and oxygen atoms in total. The van der Waals surface area contributed by atoms with E-state index in [4.69, 9.17) is 10.5 Å². The van der Waals surface area contributed by atoms with Crippen LogP contribution in [-0.2, 0) is 16.1 Å². The molecule has 1 aromatic carbocycles. The van der Waals surface area contributed by atoms with Crippen LogP contribution >= 0.6 is 0 Å². The molecular formula is C13H17F2NO. The minimum absolute atomic E-state index is 0.0669. The van der Waals surface area contributed by atoms with Gasteiger partial charge in [-0.25, -0.2) is 8.78 Å². The normalized spacial score (nSPS) is 18.8. The highest BCUT2D eigenvalue weighted by Crippen LogP contribution is 2.36. The summed E-state index contributed by atoms with van der Waals surface area (Å²) in [5.74, 6) is -2.77. The predicted molar refractivity (Wildman–Crippen MR) is 62.2 cm³/mol. The van der Waals surface area contributed by atoms with Crippen LogP contribution in [0.25, 0.3) is 0 Å². The van der Waals surface area contributed by atoms with Crippen molar-refractivity contribution in [2.45, 2.75) is 24.7 Å². The monoisotopic (exact) mass is 241 g/mol. The maximum Gasteiger partial charge on any atom is 0.273 e. The van der Waals surface area contributed by atoms with Gasteiger partial charge in [0.1, 0.15) is 0 Å². The largest absolute Gasteiger partial charge is 0.379 e. The number of ether oxygens (including phenoxy) is 1. The summed E-state index contributed by atoms with van der Waals surface area (Å²) in [6, 6.07) is 6.56. The molecule has 0 aromatic heterocycles. The van der Waals surface area contributed by atoms with Crippen molar-refractivity contribution in [2.75, 3.05) is 19.8 Å². The lowest BCUT2D eigenvalue weighted by Gasteiger charge is -2.41. The predicted octanol–water partition coefficient (Wildman–Crippen LogP) is 2.42. The van der Waals surface area contributed by atoms with E-state index in [1.165, 1.54) is 13.0 Å². The van der Waals surface area contributed by atoms with Crippen molar-refractivity contribution in [2.24, 2.45) is 5.73 Å². The first-order valence-corrected chi connectivity index (χ1v) is 5.81. The van der Waals surface area contributed by atoms with E-state index in [0.717, 1.165) is 5.56 Å². The van der Waals surface area contributed by atoms with Crippen LogP contribution in [0.5, 0.6) is 0 Å². The number of halogens is 2.